The summed E-state index contributed by atoms with van der Waals surface area (Å²) in [5, 5.41) is 11.0. The number of hydrogen-bond acceptors (Lipinski definition) is 5. The second-order valence-electron chi connectivity index (χ2n) is 5.05. The lowest BCUT2D eigenvalue weighted by Crippen LogP contribution is -2.31. The summed E-state index contributed by atoms with van der Waals surface area (Å²) in [6, 6.07) is 3.32. The number of carbonyl (C=O) groups is 3. The Balaban J connectivity index is 2.08. The van der Waals surface area contributed by atoms with Crippen molar-refractivity contribution in [3.8, 4) is 0 Å². The number of carboxylic acids is 1. The molecule has 1 aromatic rings. The van der Waals surface area contributed by atoms with Crippen molar-refractivity contribution >= 4 is 40.1 Å². The van der Waals surface area contributed by atoms with Gasteiger partial charge >= 0.3 is 5.97 Å². The molecular weight excluding hydrogens is 310 g/mol. The Labute approximate surface area is 131 Å². The van der Waals surface area contributed by atoms with Gasteiger partial charge in [-0.1, -0.05) is 17.8 Å². The van der Waals surface area contributed by atoms with E-state index in [2.05, 4.69) is 0 Å². The van der Waals surface area contributed by atoms with Crippen molar-refractivity contribution in [1.82, 2.24) is 4.90 Å². The highest BCUT2D eigenvalue weighted by molar-refractivity contribution is 8.13. The van der Waals surface area contributed by atoms with Crippen LogP contribution >= 0.6 is 23.1 Å². The minimum absolute atomic E-state index is 0.0243. The summed E-state index contributed by atoms with van der Waals surface area (Å²) in [6.07, 6.45) is 0.306. The third-order valence-electron chi connectivity index (χ3n) is 3.38. The lowest BCUT2D eigenvalue weighted by atomic mass is 10.1. The van der Waals surface area contributed by atoms with Crippen molar-refractivity contribution in [3.63, 3.8) is 0 Å². The van der Waals surface area contributed by atoms with Crippen molar-refractivity contribution in [2.75, 3.05) is 12.3 Å². The topological polar surface area (TPSA) is 74.7 Å². The third kappa shape index (κ3) is 4.31. The molecule has 2 atom stereocenters. The Morgan fingerprint density at radius 2 is 2.33 bits per heavy atom. The predicted octanol–water partition coefficient (Wildman–Crippen LogP) is 2.39. The molecule has 21 heavy (non-hydrogen) atoms. The van der Waals surface area contributed by atoms with Crippen LogP contribution in [0.3, 0.4) is 0 Å². The van der Waals surface area contributed by atoms with Gasteiger partial charge in [0.2, 0.25) is 5.91 Å². The summed E-state index contributed by atoms with van der Waals surface area (Å²) >= 11 is 2.69. The van der Waals surface area contributed by atoms with Gasteiger partial charge in [0.1, 0.15) is 0 Å². The summed E-state index contributed by atoms with van der Waals surface area (Å²) in [6.45, 7) is 2.03. The number of carbonyl (C=O) groups excluding carboxylic acids is 2. The van der Waals surface area contributed by atoms with Gasteiger partial charge < -0.3 is 10.0 Å². The van der Waals surface area contributed by atoms with E-state index in [0.717, 1.165) is 4.88 Å². The average molecular weight is 327 g/mol. The summed E-state index contributed by atoms with van der Waals surface area (Å²) in [5.74, 6) is -0.212. The minimum atomic E-state index is -0.914. The van der Waals surface area contributed by atoms with E-state index in [1.54, 1.807) is 4.90 Å². The molecule has 2 unspecified atom stereocenters. The maximum absolute atomic E-state index is 12.2. The molecule has 7 heteroatoms. The van der Waals surface area contributed by atoms with Gasteiger partial charge in [-0.25, -0.2) is 0 Å². The van der Waals surface area contributed by atoms with Gasteiger partial charge in [-0.15, -0.1) is 11.3 Å². The number of thioether (sulfide) groups is 1. The molecule has 0 saturated carbocycles. The smallest absolute Gasteiger partial charge is 0.305 e. The van der Waals surface area contributed by atoms with Crippen LogP contribution in [0.15, 0.2) is 17.5 Å². The van der Waals surface area contributed by atoms with E-state index in [1.165, 1.54) is 30.0 Å². The van der Waals surface area contributed by atoms with Gasteiger partial charge in [0.15, 0.2) is 5.12 Å². The second-order valence-corrected chi connectivity index (χ2v) is 7.22. The average Bonchev–Trinajstić information content (AvgIpc) is 3.03. The molecule has 1 amide bonds. The number of aliphatic carboxylic acids is 1. The van der Waals surface area contributed by atoms with Crippen LogP contribution in [-0.4, -0.2) is 39.3 Å². The molecule has 2 heterocycles. The van der Waals surface area contributed by atoms with E-state index in [0.29, 0.717) is 18.7 Å². The quantitative estimate of drug-likeness (QED) is 0.868. The number of rotatable bonds is 6. The van der Waals surface area contributed by atoms with E-state index >= 15 is 0 Å². The lowest BCUT2D eigenvalue weighted by molar-refractivity contribution is -0.139. The summed E-state index contributed by atoms with van der Waals surface area (Å²) in [7, 11) is 0. The number of thiophene rings is 1. The van der Waals surface area contributed by atoms with Crippen LogP contribution < -0.4 is 0 Å². The van der Waals surface area contributed by atoms with E-state index in [4.69, 9.17) is 5.11 Å². The number of carboxylic acid groups (broad SMARTS) is 1. The number of hydrogen-bond donors (Lipinski definition) is 1. The van der Waals surface area contributed by atoms with Crippen molar-refractivity contribution in [2.24, 2.45) is 5.92 Å². The molecule has 2 rings (SSSR count). The molecule has 1 saturated heterocycles. The summed E-state index contributed by atoms with van der Waals surface area (Å²) in [4.78, 5) is 36.8. The minimum Gasteiger partial charge on any atom is -0.481 e. The SMILES string of the molecule is CC(=O)SCC1CC(=O)N(C(CC(=O)O)c2cccs2)C1. The van der Waals surface area contributed by atoms with E-state index in [9.17, 15) is 14.4 Å². The molecule has 0 aromatic carbocycles. The van der Waals surface area contributed by atoms with Gasteiger partial charge in [0.25, 0.3) is 0 Å². The highest BCUT2D eigenvalue weighted by Crippen LogP contribution is 2.34. The first-order valence-electron chi connectivity index (χ1n) is 6.65. The fraction of sp³-hybridized carbons (Fsp3) is 0.500. The zero-order valence-corrected chi connectivity index (χ0v) is 13.3. The van der Waals surface area contributed by atoms with Crippen LogP contribution in [-0.2, 0) is 14.4 Å². The Morgan fingerprint density at radius 1 is 1.57 bits per heavy atom. The Morgan fingerprint density at radius 3 is 2.90 bits per heavy atom. The number of amides is 1. The zero-order chi connectivity index (χ0) is 15.4. The first-order chi connectivity index (χ1) is 9.97. The Hall–Kier alpha value is -1.34. The van der Waals surface area contributed by atoms with Gasteiger partial charge in [0.05, 0.1) is 12.5 Å². The maximum Gasteiger partial charge on any atom is 0.305 e. The van der Waals surface area contributed by atoms with Crippen LogP contribution in [0.4, 0.5) is 0 Å². The Kier molecular flexibility index (Phi) is 5.41. The van der Waals surface area contributed by atoms with Crippen LogP contribution in [0.2, 0.25) is 0 Å². The van der Waals surface area contributed by atoms with E-state index in [-0.39, 0.29) is 23.4 Å². The highest BCUT2D eigenvalue weighted by Gasteiger charge is 2.36. The monoisotopic (exact) mass is 327 g/mol. The summed E-state index contributed by atoms with van der Waals surface area (Å²) < 4.78 is 0. The molecule has 0 radical (unpaired) electrons. The molecule has 1 aliphatic heterocycles. The lowest BCUT2D eigenvalue weighted by Gasteiger charge is -2.26. The normalized spacial score (nSPS) is 19.8. The van der Waals surface area contributed by atoms with Crippen LogP contribution in [0.25, 0.3) is 0 Å². The van der Waals surface area contributed by atoms with Gasteiger partial charge in [0, 0.05) is 30.5 Å². The fourth-order valence-corrected chi connectivity index (χ4v) is 4.00. The number of likely N-dealkylation sites (tertiary alicyclic amines) is 1. The van der Waals surface area contributed by atoms with Crippen molar-refractivity contribution < 1.29 is 19.5 Å². The van der Waals surface area contributed by atoms with Crippen molar-refractivity contribution in [2.45, 2.75) is 25.8 Å². The third-order valence-corrected chi connectivity index (χ3v) is 5.39. The maximum atomic E-state index is 12.2. The standard InChI is InChI=1S/C14H17NO4S2/c1-9(16)21-8-10-5-13(17)15(7-10)11(6-14(18)19)12-3-2-4-20-12/h2-4,10-11H,5-8H2,1H3,(H,18,19). The van der Waals surface area contributed by atoms with Gasteiger partial charge in [-0.3, -0.25) is 14.4 Å². The van der Waals surface area contributed by atoms with E-state index in [1.807, 2.05) is 17.5 Å². The van der Waals surface area contributed by atoms with Gasteiger partial charge in [-0.05, 0) is 17.4 Å². The van der Waals surface area contributed by atoms with Crippen LogP contribution in [0, 0.1) is 5.92 Å². The number of nitrogens with zero attached hydrogens (tertiary/aromatic N) is 1. The first-order valence-corrected chi connectivity index (χ1v) is 8.52. The molecule has 0 bridgehead atoms. The molecule has 1 aromatic heterocycles. The molecule has 114 valence electrons. The van der Waals surface area contributed by atoms with Gasteiger partial charge in [-0.2, -0.15) is 0 Å². The van der Waals surface area contributed by atoms with Crippen LogP contribution in [0.5, 0.6) is 0 Å². The largest absolute Gasteiger partial charge is 0.481 e. The van der Waals surface area contributed by atoms with Crippen molar-refractivity contribution in [3.05, 3.63) is 22.4 Å². The molecule has 1 fully saturated rings. The second kappa shape index (κ2) is 7.09. The molecule has 5 nitrogen and oxygen atoms in total. The first kappa shape index (κ1) is 16.0. The molecule has 1 N–H and O–H groups in total. The Bertz CT molecular complexity index is 529. The molecular formula is C14H17NO4S2. The predicted molar refractivity (Wildman–Crippen MR) is 82.3 cm³/mol. The molecule has 0 spiro atoms. The fourth-order valence-electron chi connectivity index (χ4n) is 2.47. The molecule has 1 aliphatic rings. The zero-order valence-electron chi connectivity index (χ0n) is 11.7. The highest BCUT2D eigenvalue weighted by atomic mass is 32.2. The molecule has 0 aliphatic carbocycles. The van der Waals surface area contributed by atoms with Crippen LogP contribution in [0.1, 0.15) is 30.7 Å². The summed E-state index contributed by atoms with van der Waals surface area (Å²) in [5.41, 5.74) is 0. The van der Waals surface area contributed by atoms with Crippen molar-refractivity contribution in [1.29, 1.82) is 0 Å². The van der Waals surface area contributed by atoms with E-state index < -0.39 is 12.0 Å².